The number of nitrogens with two attached hydrogens (primary N) is 1. The lowest BCUT2D eigenvalue weighted by molar-refractivity contribution is 0.626. The summed E-state index contributed by atoms with van der Waals surface area (Å²) in [6.07, 6.45) is 1.80. The topological polar surface area (TPSA) is 43.8 Å². The van der Waals surface area contributed by atoms with Crippen molar-refractivity contribution in [2.24, 2.45) is 0 Å². The number of aromatic nitrogens is 2. The predicted octanol–water partition coefficient (Wildman–Crippen LogP) is 3.29. The number of nitrogen functional groups attached to an aromatic ring is 1. The molecule has 0 aliphatic rings. The summed E-state index contributed by atoms with van der Waals surface area (Å²) >= 11 is 2.10. The first-order valence-electron chi connectivity index (χ1n) is 5.01. The van der Waals surface area contributed by atoms with Crippen molar-refractivity contribution in [3.8, 4) is 16.9 Å². The lowest BCUT2D eigenvalue weighted by Crippen LogP contribution is -1.98. The van der Waals surface area contributed by atoms with Gasteiger partial charge in [0.15, 0.2) is 0 Å². The average Bonchev–Trinajstić information content (AvgIpc) is 2.67. The third-order valence-corrected chi connectivity index (χ3v) is 3.11. The molecule has 0 saturated carbocycles. The zero-order chi connectivity index (χ0) is 13.1. The van der Waals surface area contributed by atoms with Crippen molar-refractivity contribution in [3.05, 3.63) is 41.5 Å². The number of rotatable bonds is 1. The lowest BCUT2D eigenvalue weighted by atomic mass is 10.2. The van der Waals surface area contributed by atoms with Crippen LogP contribution < -0.4 is 5.73 Å². The van der Waals surface area contributed by atoms with E-state index in [1.54, 1.807) is 16.9 Å². The molecule has 92 valence electrons. The number of nitrogens with zero attached hydrogens (tertiary/aromatic N) is 2. The molecule has 0 unspecified atom stereocenters. The molecule has 0 bridgehead atoms. The van der Waals surface area contributed by atoms with Gasteiger partial charge in [-0.1, -0.05) is 0 Å². The van der Waals surface area contributed by atoms with E-state index in [1.165, 1.54) is 21.1 Å². The Bertz CT molecular complexity index is 622. The van der Waals surface area contributed by atoms with Gasteiger partial charge in [-0.25, -0.2) is 9.07 Å². The summed E-state index contributed by atoms with van der Waals surface area (Å²) in [5, 5.41) is 7.18. The minimum atomic E-state index is -0.381. The van der Waals surface area contributed by atoms with Crippen molar-refractivity contribution in [3.63, 3.8) is 0 Å². The Morgan fingerprint density at radius 3 is 2.89 bits per heavy atom. The normalized spacial score (nSPS) is 9.94. The molecule has 0 atom stereocenters. The Morgan fingerprint density at radius 1 is 1.44 bits per heavy atom. The van der Waals surface area contributed by atoms with Crippen LogP contribution in [-0.4, -0.2) is 9.78 Å². The van der Waals surface area contributed by atoms with Crippen molar-refractivity contribution >= 4 is 35.8 Å². The highest BCUT2D eigenvalue weighted by Crippen LogP contribution is 2.16. The SMILES string of the molecule is Cc1cn(-c2cc(N)cc(F)c2)nc1C#CSI. The standard InChI is InChI=1S/C12H9FIN3S/c1-8-7-17(16-12(8)2-3-18-14)11-5-9(13)4-10(15)6-11/h4-7H,15H2,1H3. The van der Waals surface area contributed by atoms with E-state index in [-0.39, 0.29) is 5.82 Å². The van der Waals surface area contributed by atoms with Gasteiger partial charge in [0, 0.05) is 38.7 Å². The highest BCUT2D eigenvalue weighted by molar-refractivity contribution is 14.2. The van der Waals surface area contributed by atoms with E-state index in [0.717, 1.165) is 5.56 Å². The van der Waals surface area contributed by atoms with E-state index < -0.39 is 0 Å². The van der Waals surface area contributed by atoms with E-state index >= 15 is 0 Å². The van der Waals surface area contributed by atoms with Gasteiger partial charge in [-0.05, 0) is 45.2 Å². The Hall–Kier alpha value is -1.20. The molecule has 2 aromatic rings. The van der Waals surface area contributed by atoms with Crippen LogP contribution in [0.4, 0.5) is 10.1 Å². The number of aryl methyl sites for hydroxylation is 1. The number of anilines is 1. The minimum absolute atomic E-state index is 0.369. The zero-order valence-corrected chi connectivity index (χ0v) is 12.4. The van der Waals surface area contributed by atoms with Crippen LogP contribution in [0.5, 0.6) is 0 Å². The monoisotopic (exact) mass is 373 g/mol. The van der Waals surface area contributed by atoms with E-state index in [0.29, 0.717) is 17.1 Å². The van der Waals surface area contributed by atoms with Crippen LogP contribution >= 0.6 is 30.1 Å². The summed E-state index contributed by atoms with van der Waals surface area (Å²) in [7, 11) is 1.39. The molecule has 1 aromatic heterocycles. The van der Waals surface area contributed by atoms with Crippen LogP contribution in [-0.2, 0) is 0 Å². The number of hydrogen-bond acceptors (Lipinski definition) is 3. The molecule has 0 aliphatic carbocycles. The molecule has 2 rings (SSSR count). The van der Waals surface area contributed by atoms with E-state index in [2.05, 4.69) is 37.5 Å². The molecule has 0 fully saturated rings. The van der Waals surface area contributed by atoms with Crippen molar-refractivity contribution in [1.29, 1.82) is 0 Å². The Kier molecular flexibility index (Phi) is 4.14. The summed E-state index contributed by atoms with van der Waals surface area (Å²) < 4.78 is 14.9. The van der Waals surface area contributed by atoms with Gasteiger partial charge in [-0.2, -0.15) is 5.10 Å². The fourth-order valence-corrected chi connectivity index (χ4v) is 1.98. The molecule has 6 heteroatoms. The number of benzene rings is 1. The van der Waals surface area contributed by atoms with Crippen LogP contribution in [0.2, 0.25) is 0 Å². The summed E-state index contributed by atoms with van der Waals surface area (Å²) in [5.74, 6) is 2.55. The molecule has 1 heterocycles. The van der Waals surface area contributed by atoms with Gasteiger partial charge >= 0.3 is 0 Å². The Morgan fingerprint density at radius 2 is 2.22 bits per heavy atom. The summed E-state index contributed by atoms with van der Waals surface area (Å²) in [6, 6.07) is 4.32. The third-order valence-electron chi connectivity index (χ3n) is 2.27. The predicted molar refractivity (Wildman–Crippen MR) is 81.2 cm³/mol. The molecule has 0 spiro atoms. The van der Waals surface area contributed by atoms with Crippen LogP contribution in [0.25, 0.3) is 5.69 Å². The van der Waals surface area contributed by atoms with Gasteiger partial charge in [-0.3, -0.25) is 0 Å². The van der Waals surface area contributed by atoms with Gasteiger partial charge < -0.3 is 5.73 Å². The van der Waals surface area contributed by atoms with Gasteiger partial charge in [-0.15, -0.1) is 0 Å². The first-order chi connectivity index (χ1) is 8.60. The molecule has 18 heavy (non-hydrogen) atoms. The fraction of sp³-hybridized carbons (Fsp3) is 0.0833. The van der Waals surface area contributed by atoms with E-state index in [1.807, 2.05) is 6.92 Å². The minimum Gasteiger partial charge on any atom is -0.399 e. The summed E-state index contributed by atoms with van der Waals surface area (Å²) in [6.45, 7) is 1.91. The number of hydrogen-bond donors (Lipinski definition) is 1. The van der Waals surface area contributed by atoms with Gasteiger partial charge in [0.2, 0.25) is 0 Å². The third kappa shape index (κ3) is 2.97. The van der Waals surface area contributed by atoms with Gasteiger partial charge in [0.1, 0.15) is 11.5 Å². The zero-order valence-electron chi connectivity index (χ0n) is 9.45. The van der Waals surface area contributed by atoms with Crippen molar-refractivity contribution < 1.29 is 4.39 Å². The van der Waals surface area contributed by atoms with Gasteiger partial charge in [0.05, 0.1) is 5.69 Å². The van der Waals surface area contributed by atoms with Crippen molar-refractivity contribution in [2.45, 2.75) is 6.92 Å². The molecular formula is C12H9FIN3S. The summed E-state index contributed by atoms with van der Waals surface area (Å²) in [4.78, 5) is 0. The fourth-order valence-electron chi connectivity index (χ4n) is 1.51. The first-order valence-corrected chi connectivity index (χ1v) is 8.37. The number of halogens is 2. The molecule has 0 aliphatic heterocycles. The van der Waals surface area contributed by atoms with Gasteiger partial charge in [0.25, 0.3) is 0 Å². The van der Waals surface area contributed by atoms with Crippen molar-refractivity contribution in [2.75, 3.05) is 5.73 Å². The largest absolute Gasteiger partial charge is 0.399 e. The average molecular weight is 373 g/mol. The second-order valence-electron chi connectivity index (χ2n) is 3.65. The van der Waals surface area contributed by atoms with E-state index in [9.17, 15) is 4.39 Å². The summed E-state index contributed by atoms with van der Waals surface area (Å²) in [5.41, 5.74) is 8.19. The maximum Gasteiger partial charge on any atom is 0.139 e. The van der Waals surface area contributed by atoms with E-state index in [4.69, 9.17) is 5.73 Å². The maximum absolute atomic E-state index is 13.3. The van der Waals surface area contributed by atoms with Crippen LogP contribution in [0.1, 0.15) is 11.3 Å². The van der Waals surface area contributed by atoms with Crippen LogP contribution in [0, 0.1) is 23.9 Å². The highest BCUT2D eigenvalue weighted by Gasteiger charge is 2.06. The maximum atomic E-state index is 13.3. The molecular weight excluding hydrogens is 364 g/mol. The molecule has 3 nitrogen and oxygen atoms in total. The molecule has 0 amide bonds. The first kappa shape index (κ1) is 13.2. The Labute approximate surface area is 121 Å². The molecule has 0 radical (unpaired) electrons. The van der Waals surface area contributed by atoms with Crippen LogP contribution in [0.15, 0.2) is 24.4 Å². The second kappa shape index (κ2) is 5.63. The molecule has 2 N–H and O–H groups in total. The highest BCUT2D eigenvalue weighted by atomic mass is 127. The van der Waals surface area contributed by atoms with Crippen molar-refractivity contribution in [1.82, 2.24) is 9.78 Å². The second-order valence-corrected chi connectivity index (χ2v) is 5.33. The molecule has 1 aromatic carbocycles. The Balaban J connectivity index is 2.45. The smallest absolute Gasteiger partial charge is 0.139 e. The lowest BCUT2D eigenvalue weighted by Gasteiger charge is -2.02. The quantitative estimate of drug-likeness (QED) is 0.474. The van der Waals surface area contributed by atoms with Crippen LogP contribution in [0.3, 0.4) is 0 Å². The molecule has 0 saturated heterocycles.